The van der Waals surface area contributed by atoms with E-state index in [1.165, 1.54) is 5.56 Å². The number of nitrogen functional groups attached to an aromatic ring is 1. The molecule has 3 nitrogen and oxygen atoms in total. The van der Waals surface area contributed by atoms with Crippen LogP contribution in [0.4, 0.5) is 5.69 Å². The first-order chi connectivity index (χ1) is 9.90. The molecule has 2 aromatic rings. The highest BCUT2D eigenvalue weighted by molar-refractivity contribution is 5.78. The van der Waals surface area contributed by atoms with Gasteiger partial charge in [0.05, 0.1) is 5.69 Å². The van der Waals surface area contributed by atoms with E-state index in [0.717, 1.165) is 11.8 Å². The van der Waals surface area contributed by atoms with Crippen molar-refractivity contribution in [1.82, 2.24) is 0 Å². The van der Waals surface area contributed by atoms with Crippen molar-refractivity contribution in [2.45, 2.75) is 32.8 Å². The summed E-state index contributed by atoms with van der Waals surface area (Å²) in [4.78, 5) is 10.7. The van der Waals surface area contributed by atoms with Gasteiger partial charge in [-0.3, -0.25) is 4.79 Å². The SMILES string of the molecule is CC(C)(C)c1ccc(COc2ccc(C=O)cc2N)cc1. The second-order valence-corrected chi connectivity index (χ2v) is 6.15. The largest absolute Gasteiger partial charge is 0.487 e. The Morgan fingerprint density at radius 1 is 1.10 bits per heavy atom. The van der Waals surface area contributed by atoms with Crippen molar-refractivity contribution in [3.05, 3.63) is 59.2 Å². The summed E-state index contributed by atoms with van der Waals surface area (Å²) in [5.41, 5.74) is 9.41. The van der Waals surface area contributed by atoms with Crippen LogP contribution in [0, 0.1) is 0 Å². The molecule has 0 aliphatic rings. The number of aldehydes is 1. The predicted octanol–water partition coefficient (Wildman–Crippen LogP) is 3.96. The summed E-state index contributed by atoms with van der Waals surface area (Å²) in [7, 11) is 0. The maximum atomic E-state index is 10.7. The quantitative estimate of drug-likeness (QED) is 0.682. The van der Waals surface area contributed by atoms with E-state index >= 15 is 0 Å². The minimum atomic E-state index is 0.147. The molecule has 0 aromatic heterocycles. The van der Waals surface area contributed by atoms with Crippen molar-refractivity contribution in [3.63, 3.8) is 0 Å². The topological polar surface area (TPSA) is 52.3 Å². The van der Waals surface area contributed by atoms with E-state index in [-0.39, 0.29) is 5.41 Å². The molecule has 110 valence electrons. The van der Waals surface area contributed by atoms with Gasteiger partial charge in [0, 0.05) is 5.56 Å². The third-order valence-corrected chi connectivity index (χ3v) is 3.38. The smallest absolute Gasteiger partial charge is 0.150 e. The summed E-state index contributed by atoms with van der Waals surface area (Å²) in [6.45, 7) is 7.02. The van der Waals surface area contributed by atoms with E-state index in [0.29, 0.717) is 23.6 Å². The van der Waals surface area contributed by atoms with Crippen LogP contribution in [-0.4, -0.2) is 6.29 Å². The lowest BCUT2D eigenvalue weighted by Gasteiger charge is -2.19. The minimum absolute atomic E-state index is 0.147. The highest BCUT2D eigenvalue weighted by atomic mass is 16.5. The normalized spacial score (nSPS) is 11.2. The van der Waals surface area contributed by atoms with Crippen molar-refractivity contribution in [2.24, 2.45) is 0 Å². The maximum Gasteiger partial charge on any atom is 0.150 e. The van der Waals surface area contributed by atoms with Crippen molar-refractivity contribution in [1.29, 1.82) is 0 Å². The monoisotopic (exact) mass is 283 g/mol. The van der Waals surface area contributed by atoms with Gasteiger partial charge in [-0.1, -0.05) is 45.0 Å². The first kappa shape index (κ1) is 15.1. The highest BCUT2D eigenvalue weighted by Gasteiger charge is 2.12. The predicted molar refractivity (Wildman–Crippen MR) is 85.7 cm³/mol. The zero-order chi connectivity index (χ0) is 15.5. The van der Waals surface area contributed by atoms with Crippen LogP contribution >= 0.6 is 0 Å². The number of benzene rings is 2. The minimum Gasteiger partial charge on any atom is -0.487 e. The van der Waals surface area contributed by atoms with Gasteiger partial charge < -0.3 is 10.5 Å². The molecule has 0 aliphatic heterocycles. The second-order valence-electron chi connectivity index (χ2n) is 6.15. The van der Waals surface area contributed by atoms with Crippen LogP contribution < -0.4 is 10.5 Å². The number of nitrogens with two attached hydrogens (primary N) is 1. The molecular weight excluding hydrogens is 262 g/mol. The van der Waals surface area contributed by atoms with Gasteiger partial charge in [0.15, 0.2) is 0 Å². The molecule has 0 heterocycles. The van der Waals surface area contributed by atoms with Crippen molar-refractivity contribution >= 4 is 12.0 Å². The fourth-order valence-corrected chi connectivity index (χ4v) is 2.03. The van der Waals surface area contributed by atoms with E-state index in [1.54, 1.807) is 18.2 Å². The van der Waals surface area contributed by atoms with E-state index in [1.807, 2.05) is 0 Å². The zero-order valence-electron chi connectivity index (χ0n) is 12.7. The van der Waals surface area contributed by atoms with E-state index in [4.69, 9.17) is 10.5 Å². The Kier molecular flexibility index (Phi) is 4.32. The van der Waals surface area contributed by atoms with Crippen LogP contribution in [0.15, 0.2) is 42.5 Å². The van der Waals surface area contributed by atoms with Gasteiger partial charge in [-0.2, -0.15) is 0 Å². The third-order valence-electron chi connectivity index (χ3n) is 3.38. The second kappa shape index (κ2) is 6.00. The Morgan fingerprint density at radius 2 is 1.76 bits per heavy atom. The van der Waals surface area contributed by atoms with Gasteiger partial charge in [0.1, 0.15) is 18.6 Å². The fraction of sp³-hybridized carbons (Fsp3) is 0.278. The molecule has 3 heteroatoms. The van der Waals surface area contributed by atoms with E-state index in [2.05, 4.69) is 45.0 Å². The van der Waals surface area contributed by atoms with Crippen LogP contribution in [0.1, 0.15) is 42.3 Å². The first-order valence-electron chi connectivity index (χ1n) is 6.97. The molecule has 0 spiro atoms. The standard InChI is InChI=1S/C18H21NO2/c1-18(2,3)15-7-4-13(5-8-15)12-21-17-9-6-14(11-20)10-16(17)19/h4-11H,12,19H2,1-3H3. The van der Waals surface area contributed by atoms with E-state index < -0.39 is 0 Å². The molecule has 0 amide bonds. The molecule has 0 fully saturated rings. The van der Waals surface area contributed by atoms with Gasteiger partial charge in [-0.05, 0) is 34.7 Å². The Hall–Kier alpha value is -2.29. The summed E-state index contributed by atoms with van der Waals surface area (Å²) in [5, 5.41) is 0. The Balaban J connectivity index is 2.05. The summed E-state index contributed by atoms with van der Waals surface area (Å²) < 4.78 is 5.71. The number of anilines is 1. The van der Waals surface area contributed by atoms with Gasteiger partial charge in [0.2, 0.25) is 0 Å². The zero-order valence-corrected chi connectivity index (χ0v) is 12.7. The van der Waals surface area contributed by atoms with Crippen molar-refractivity contribution in [3.8, 4) is 5.75 Å². The summed E-state index contributed by atoms with van der Waals surface area (Å²) in [5.74, 6) is 0.598. The van der Waals surface area contributed by atoms with Crippen LogP contribution in [0.25, 0.3) is 0 Å². The number of ether oxygens (including phenoxy) is 1. The molecule has 0 saturated heterocycles. The average molecular weight is 283 g/mol. The lowest BCUT2D eigenvalue weighted by molar-refractivity contribution is 0.112. The highest BCUT2D eigenvalue weighted by Crippen LogP contribution is 2.25. The maximum absolute atomic E-state index is 10.7. The molecule has 0 saturated carbocycles. The molecule has 0 unspecified atom stereocenters. The number of carbonyl (C=O) groups excluding carboxylic acids is 1. The summed E-state index contributed by atoms with van der Waals surface area (Å²) >= 11 is 0. The third kappa shape index (κ3) is 3.85. The molecule has 21 heavy (non-hydrogen) atoms. The molecule has 0 radical (unpaired) electrons. The lowest BCUT2D eigenvalue weighted by atomic mass is 9.87. The van der Waals surface area contributed by atoms with E-state index in [9.17, 15) is 4.79 Å². The number of hydrogen-bond acceptors (Lipinski definition) is 3. The molecular formula is C18H21NO2. The average Bonchev–Trinajstić information content (AvgIpc) is 2.45. The number of carbonyl (C=O) groups is 1. The molecule has 0 aliphatic carbocycles. The Labute approximate surface area is 125 Å². The Bertz CT molecular complexity index is 625. The molecule has 2 aromatic carbocycles. The fourth-order valence-electron chi connectivity index (χ4n) is 2.03. The van der Waals surface area contributed by atoms with Crippen LogP contribution in [-0.2, 0) is 12.0 Å². The number of hydrogen-bond donors (Lipinski definition) is 1. The Morgan fingerprint density at radius 3 is 2.29 bits per heavy atom. The number of rotatable bonds is 4. The lowest BCUT2D eigenvalue weighted by Crippen LogP contribution is -2.10. The molecule has 0 bridgehead atoms. The first-order valence-corrected chi connectivity index (χ1v) is 6.97. The molecule has 2 rings (SSSR count). The van der Waals surface area contributed by atoms with Crippen molar-refractivity contribution < 1.29 is 9.53 Å². The van der Waals surface area contributed by atoms with Gasteiger partial charge in [-0.25, -0.2) is 0 Å². The van der Waals surface area contributed by atoms with Gasteiger partial charge in [-0.15, -0.1) is 0 Å². The molecule has 2 N–H and O–H groups in total. The van der Waals surface area contributed by atoms with Crippen LogP contribution in [0.3, 0.4) is 0 Å². The van der Waals surface area contributed by atoms with Gasteiger partial charge >= 0.3 is 0 Å². The summed E-state index contributed by atoms with van der Waals surface area (Å²) in [6.07, 6.45) is 0.769. The summed E-state index contributed by atoms with van der Waals surface area (Å²) in [6, 6.07) is 13.4. The molecule has 0 atom stereocenters. The van der Waals surface area contributed by atoms with Crippen molar-refractivity contribution in [2.75, 3.05) is 5.73 Å². The van der Waals surface area contributed by atoms with Crippen LogP contribution in [0.5, 0.6) is 5.75 Å². The van der Waals surface area contributed by atoms with Crippen LogP contribution in [0.2, 0.25) is 0 Å². The van der Waals surface area contributed by atoms with Gasteiger partial charge in [0.25, 0.3) is 0 Å².